The van der Waals surface area contributed by atoms with E-state index in [0.29, 0.717) is 24.7 Å². The summed E-state index contributed by atoms with van der Waals surface area (Å²) < 4.78 is 18.3. The standard InChI is InChI=1S/C17H15FN4O2/c18-14-3-1-12(2-4-14)11-20-15(23)5-6-16-21-22-17(24-16)13-7-9-19-10-8-13/h1-4,7-10H,5-6,11H2,(H,20,23). The lowest BCUT2D eigenvalue weighted by molar-refractivity contribution is -0.121. The Labute approximate surface area is 137 Å². The summed E-state index contributed by atoms with van der Waals surface area (Å²) in [4.78, 5) is 15.8. The highest BCUT2D eigenvalue weighted by molar-refractivity contribution is 5.76. The summed E-state index contributed by atoms with van der Waals surface area (Å²) >= 11 is 0. The molecule has 1 aromatic carbocycles. The van der Waals surface area contributed by atoms with Gasteiger partial charge in [-0.05, 0) is 29.8 Å². The van der Waals surface area contributed by atoms with Gasteiger partial charge < -0.3 is 9.73 Å². The Kier molecular flexibility index (Phi) is 4.90. The second kappa shape index (κ2) is 7.45. The molecule has 2 aromatic heterocycles. The monoisotopic (exact) mass is 326 g/mol. The van der Waals surface area contributed by atoms with Gasteiger partial charge in [0.1, 0.15) is 5.82 Å². The largest absolute Gasteiger partial charge is 0.421 e. The summed E-state index contributed by atoms with van der Waals surface area (Å²) in [6.07, 6.45) is 3.87. The van der Waals surface area contributed by atoms with E-state index in [0.717, 1.165) is 11.1 Å². The molecule has 0 unspecified atom stereocenters. The summed E-state index contributed by atoms with van der Waals surface area (Å²) in [6, 6.07) is 9.53. The number of pyridine rings is 1. The van der Waals surface area contributed by atoms with Gasteiger partial charge in [-0.1, -0.05) is 12.1 Å². The molecular weight excluding hydrogens is 311 g/mol. The number of amides is 1. The lowest BCUT2D eigenvalue weighted by Gasteiger charge is -2.04. The Morgan fingerprint density at radius 2 is 1.83 bits per heavy atom. The Hall–Kier alpha value is -3.09. The first-order valence-electron chi connectivity index (χ1n) is 7.44. The highest BCUT2D eigenvalue weighted by Crippen LogP contribution is 2.16. The van der Waals surface area contributed by atoms with Crippen molar-refractivity contribution in [3.05, 3.63) is 66.1 Å². The first kappa shape index (κ1) is 15.8. The Bertz CT molecular complexity index is 803. The number of aromatic nitrogens is 3. The quantitative estimate of drug-likeness (QED) is 0.753. The molecule has 0 saturated carbocycles. The number of carbonyl (C=O) groups excluding carboxylic acids is 1. The van der Waals surface area contributed by atoms with Crippen LogP contribution in [0.2, 0.25) is 0 Å². The second-order valence-corrected chi connectivity index (χ2v) is 5.14. The van der Waals surface area contributed by atoms with Gasteiger partial charge >= 0.3 is 0 Å². The van der Waals surface area contributed by atoms with Crippen LogP contribution in [0.5, 0.6) is 0 Å². The third-order valence-corrected chi connectivity index (χ3v) is 3.36. The van der Waals surface area contributed by atoms with E-state index in [1.165, 1.54) is 12.1 Å². The van der Waals surface area contributed by atoms with Crippen LogP contribution in [-0.4, -0.2) is 21.1 Å². The van der Waals surface area contributed by atoms with E-state index in [1.807, 2.05) is 0 Å². The SMILES string of the molecule is O=C(CCc1nnc(-c2ccncc2)o1)NCc1ccc(F)cc1. The maximum atomic E-state index is 12.8. The van der Waals surface area contributed by atoms with Crippen molar-refractivity contribution in [2.24, 2.45) is 0 Å². The summed E-state index contributed by atoms with van der Waals surface area (Å²) in [5.41, 5.74) is 1.62. The zero-order valence-corrected chi connectivity index (χ0v) is 12.8. The molecule has 0 fully saturated rings. The van der Waals surface area contributed by atoms with E-state index in [1.54, 1.807) is 36.7 Å². The van der Waals surface area contributed by atoms with Gasteiger partial charge in [-0.3, -0.25) is 9.78 Å². The average Bonchev–Trinajstić information content (AvgIpc) is 3.09. The van der Waals surface area contributed by atoms with E-state index >= 15 is 0 Å². The molecule has 6 nitrogen and oxygen atoms in total. The maximum absolute atomic E-state index is 12.8. The van der Waals surface area contributed by atoms with Gasteiger partial charge in [-0.25, -0.2) is 4.39 Å². The topological polar surface area (TPSA) is 80.9 Å². The van der Waals surface area contributed by atoms with Crippen LogP contribution in [0.1, 0.15) is 17.9 Å². The molecule has 0 aliphatic heterocycles. The van der Waals surface area contributed by atoms with Crippen molar-refractivity contribution in [2.45, 2.75) is 19.4 Å². The predicted octanol–water partition coefficient (Wildman–Crippen LogP) is 2.52. The normalized spacial score (nSPS) is 10.5. The average molecular weight is 326 g/mol. The zero-order valence-electron chi connectivity index (χ0n) is 12.8. The van der Waals surface area contributed by atoms with Crippen molar-refractivity contribution in [3.8, 4) is 11.5 Å². The number of hydrogen-bond donors (Lipinski definition) is 1. The van der Waals surface area contributed by atoms with Crippen molar-refractivity contribution in [1.29, 1.82) is 0 Å². The first-order valence-corrected chi connectivity index (χ1v) is 7.44. The van der Waals surface area contributed by atoms with Crippen LogP contribution in [0.15, 0.2) is 53.2 Å². The van der Waals surface area contributed by atoms with Crippen LogP contribution in [0, 0.1) is 5.82 Å². The number of halogens is 1. The lowest BCUT2D eigenvalue weighted by atomic mass is 10.2. The lowest BCUT2D eigenvalue weighted by Crippen LogP contribution is -2.23. The maximum Gasteiger partial charge on any atom is 0.247 e. The van der Waals surface area contributed by atoms with Gasteiger partial charge in [0.2, 0.25) is 17.7 Å². The summed E-state index contributed by atoms with van der Waals surface area (Å²) in [5.74, 6) is 0.368. The number of benzene rings is 1. The Morgan fingerprint density at radius 1 is 1.08 bits per heavy atom. The minimum absolute atomic E-state index is 0.136. The van der Waals surface area contributed by atoms with Gasteiger partial charge in [0.15, 0.2) is 0 Å². The predicted molar refractivity (Wildman–Crippen MR) is 84.1 cm³/mol. The molecule has 1 N–H and O–H groups in total. The molecule has 3 rings (SSSR count). The van der Waals surface area contributed by atoms with Crippen LogP contribution in [0.25, 0.3) is 11.5 Å². The van der Waals surface area contributed by atoms with Crippen molar-refractivity contribution in [1.82, 2.24) is 20.5 Å². The number of aryl methyl sites for hydroxylation is 1. The molecule has 0 aliphatic carbocycles. The van der Waals surface area contributed by atoms with Crippen LogP contribution < -0.4 is 5.32 Å². The molecule has 7 heteroatoms. The number of nitrogens with zero attached hydrogens (tertiary/aromatic N) is 3. The molecule has 0 bridgehead atoms. The molecule has 0 radical (unpaired) electrons. The van der Waals surface area contributed by atoms with Crippen LogP contribution in [0.4, 0.5) is 4.39 Å². The van der Waals surface area contributed by atoms with Gasteiger partial charge in [-0.15, -0.1) is 10.2 Å². The molecule has 0 spiro atoms. The summed E-state index contributed by atoms with van der Waals surface area (Å²) in [7, 11) is 0. The van der Waals surface area contributed by atoms with Gasteiger partial charge in [0.05, 0.1) is 0 Å². The molecule has 3 aromatic rings. The zero-order chi connectivity index (χ0) is 16.8. The van der Waals surface area contributed by atoms with Crippen LogP contribution in [0.3, 0.4) is 0 Å². The minimum atomic E-state index is -0.300. The highest BCUT2D eigenvalue weighted by atomic mass is 19.1. The molecule has 0 aliphatic rings. The van der Waals surface area contributed by atoms with E-state index < -0.39 is 0 Å². The van der Waals surface area contributed by atoms with Gasteiger partial charge in [-0.2, -0.15) is 0 Å². The van der Waals surface area contributed by atoms with Crippen LogP contribution in [-0.2, 0) is 17.8 Å². The van der Waals surface area contributed by atoms with Gasteiger partial charge in [0, 0.05) is 37.3 Å². The van der Waals surface area contributed by atoms with Crippen LogP contribution >= 0.6 is 0 Å². The Morgan fingerprint density at radius 3 is 2.58 bits per heavy atom. The number of rotatable bonds is 6. The molecular formula is C17H15FN4O2. The first-order chi connectivity index (χ1) is 11.7. The van der Waals surface area contributed by atoms with E-state index in [2.05, 4.69) is 20.5 Å². The molecule has 0 atom stereocenters. The molecule has 122 valence electrons. The highest BCUT2D eigenvalue weighted by Gasteiger charge is 2.10. The number of carbonyl (C=O) groups is 1. The fourth-order valence-corrected chi connectivity index (χ4v) is 2.08. The summed E-state index contributed by atoms with van der Waals surface area (Å²) in [6.45, 7) is 0.352. The third-order valence-electron chi connectivity index (χ3n) is 3.36. The molecule has 24 heavy (non-hydrogen) atoms. The third kappa shape index (κ3) is 4.22. The molecule has 2 heterocycles. The smallest absolute Gasteiger partial charge is 0.247 e. The molecule has 0 saturated heterocycles. The van der Waals surface area contributed by atoms with E-state index in [4.69, 9.17) is 4.42 Å². The van der Waals surface area contributed by atoms with E-state index in [-0.39, 0.29) is 18.1 Å². The van der Waals surface area contributed by atoms with Crippen molar-refractivity contribution in [2.75, 3.05) is 0 Å². The summed E-state index contributed by atoms with van der Waals surface area (Å²) in [5, 5.41) is 10.7. The Balaban J connectivity index is 1.48. The minimum Gasteiger partial charge on any atom is -0.421 e. The van der Waals surface area contributed by atoms with E-state index in [9.17, 15) is 9.18 Å². The fourth-order valence-electron chi connectivity index (χ4n) is 2.08. The second-order valence-electron chi connectivity index (χ2n) is 5.14. The molecule has 1 amide bonds. The van der Waals surface area contributed by atoms with Crippen molar-refractivity contribution < 1.29 is 13.6 Å². The number of hydrogen-bond acceptors (Lipinski definition) is 5. The van der Waals surface area contributed by atoms with Gasteiger partial charge in [0.25, 0.3) is 0 Å². The fraction of sp³-hybridized carbons (Fsp3) is 0.176. The van der Waals surface area contributed by atoms with Crippen molar-refractivity contribution in [3.63, 3.8) is 0 Å². The number of nitrogens with one attached hydrogen (secondary N) is 1. The van der Waals surface area contributed by atoms with Crippen molar-refractivity contribution >= 4 is 5.91 Å².